The lowest BCUT2D eigenvalue weighted by atomic mass is 10.2. The fourth-order valence-electron chi connectivity index (χ4n) is 1.57. The maximum Gasteiger partial charge on any atom is 0.142 e. The summed E-state index contributed by atoms with van der Waals surface area (Å²) in [4.78, 5) is 10.2. The second-order valence-electron chi connectivity index (χ2n) is 3.84. The van der Waals surface area contributed by atoms with Crippen LogP contribution in [0.1, 0.15) is 11.1 Å². The molecule has 0 aliphatic rings. The average molecular weight is 238 g/mol. The Kier molecular flexibility index (Phi) is 4.31. The highest BCUT2D eigenvalue weighted by Crippen LogP contribution is 2.14. The molecule has 0 saturated heterocycles. The predicted octanol–water partition coefficient (Wildman–Crippen LogP) is 3.48. The number of ether oxygens (including phenoxy) is 1. The first kappa shape index (κ1) is 12.1. The topological polar surface area (TPSA) is 26.3 Å². The van der Waals surface area contributed by atoms with Crippen LogP contribution in [0.3, 0.4) is 0 Å². The van der Waals surface area contributed by atoms with Crippen LogP contribution in [-0.2, 0) is 11.4 Å². The summed E-state index contributed by atoms with van der Waals surface area (Å²) < 4.78 is 5.66. The van der Waals surface area contributed by atoms with E-state index in [-0.39, 0.29) is 0 Å². The summed E-state index contributed by atoms with van der Waals surface area (Å²) in [6.45, 7) is 0.560. The molecule has 0 heterocycles. The zero-order valence-electron chi connectivity index (χ0n) is 9.95. The lowest BCUT2D eigenvalue weighted by Gasteiger charge is -2.06. The maximum atomic E-state index is 10.2. The van der Waals surface area contributed by atoms with Gasteiger partial charge in [-0.2, -0.15) is 0 Å². The highest BCUT2D eigenvalue weighted by molar-refractivity contribution is 5.73. The van der Waals surface area contributed by atoms with Gasteiger partial charge < -0.3 is 4.74 Å². The molecule has 0 bridgehead atoms. The average Bonchev–Trinajstić information content (AvgIpc) is 2.45. The summed E-state index contributed by atoms with van der Waals surface area (Å²) in [7, 11) is 0. The molecule has 2 rings (SSSR count). The number of hydrogen-bond donors (Lipinski definition) is 0. The van der Waals surface area contributed by atoms with Gasteiger partial charge in [0.2, 0.25) is 0 Å². The van der Waals surface area contributed by atoms with E-state index < -0.39 is 0 Å². The Bertz CT molecular complexity index is 513. The molecule has 2 nitrogen and oxygen atoms in total. The van der Waals surface area contributed by atoms with Gasteiger partial charge in [0.25, 0.3) is 0 Å². The van der Waals surface area contributed by atoms with Crippen LogP contribution in [0.5, 0.6) is 5.75 Å². The number of hydrogen-bond acceptors (Lipinski definition) is 2. The molecular weight excluding hydrogens is 224 g/mol. The SMILES string of the molecule is O=C/C=C/c1ccc(OCc2ccccc2)cc1. The van der Waals surface area contributed by atoms with E-state index in [4.69, 9.17) is 4.74 Å². The third-order valence-corrected chi connectivity index (χ3v) is 2.50. The molecule has 0 amide bonds. The maximum absolute atomic E-state index is 10.2. The first-order chi connectivity index (χ1) is 8.88. The molecule has 18 heavy (non-hydrogen) atoms. The molecule has 2 aromatic carbocycles. The van der Waals surface area contributed by atoms with Crippen LogP contribution in [0, 0.1) is 0 Å². The molecule has 0 saturated carbocycles. The van der Waals surface area contributed by atoms with Crippen molar-refractivity contribution in [3.8, 4) is 5.75 Å². The largest absolute Gasteiger partial charge is 0.489 e. The zero-order valence-corrected chi connectivity index (χ0v) is 9.95. The Balaban J connectivity index is 1.94. The fourth-order valence-corrected chi connectivity index (χ4v) is 1.57. The minimum absolute atomic E-state index is 0.560. The lowest BCUT2D eigenvalue weighted by molar-refractivity contribution is -0.104. The van der Waals surface area contributed by atoms with Crippen LogP contribution in [0.25, 0.3) is 6.08 Å². The normalized spacial score (nSPS) is 10.4. The van der Waals surface area contributed by atoms with Crippen molar-refractivity contribution >= 4 is 12.4 Å². The van der Waals surface area contributed by atoms with Crippen molar-refractivity contribution in [3.63, 3.8) is 0 Å². The Labute approximate surface area is 107 Å². The van der Waals surface area contributed by atoms with Crippen LogP contribution < -0.4 is 4.74 Å². The second kappa shape index (κ2) is 6.40. The predicted molar refractivity (Wildman–Crippen MR) is 72.3 cm³/mol. The third-order valence-electron chi connectivity index (χ3n) is 2.50. The molecule has 0 aromatic heterocycles. The molecule has 0 aliphatic carbocycles. The quantitative estimate of drug-likeness (QED) is 0.589. The summed E-state index contributed by atoms with van der Waals surface area (Å²) in [5.74, 6) is 0.821. The van der Waals surface area contributed by atoms with Crippen LogP contribution in [-0.4, -0.2) is 6.29 Å². The molecule has 0 unspecified atom stereocenters. The molecule has 90 valence electrons. The first-order valence-electron chi connectivity index (χ1n) is 5.77. The highest BCUT2D eigenvalue weighted by atomic mass is 16.5. The number of carbonyl (C=O) groups is 1. The van der Waals surface area contributed by atoms with E-state index in [2.05, 4.69) is 0 Å². The van der Waals surface area contributed by atoms with E-state index >= 15 is 0 Å². The van der Waals surface area contributed by atoms with E-state index in [1.54, 1.807) is 6.08 Å². The highest BCUT2D eigenvalue weighted by Gasteiger charge is 1.95. The van der Waals surface area contributed by atoms with Crippen LogP contribution in [0.2, 0.25) is 0 Å². The van der Waals surface area contributed by atoms with Crippen molar-refractivity contribution in [1.82, 2.24) is 0 Å². The van der Waals surface area contributed by atoms with E-state index in [0.29, 0.717) is 6.61 Å². The van der Waals surface area contributed by atoms with Gasteiger partial charge in [0.15, 0.2) is 0 Å². The Morgan fingerprint density at radius 2 is 1.67 bits per heavy atom. The van der Waals surface area contributed by atoms with E-state index in [0.717, 1.165) is 23.2 Å². The van der Waals surface area contributed by atoms with Crippen LogP contribution in [0.15, 0.2) is 60.7 Å². The van der Waals surface area contributed by atoms with Crippen molar-refractivity contribution in [3.05, 3.63) is 71.8 Å². The van der Waals surface area contributed by atoms with Gasteiger partial charge in [0, 0.05) is 0 Å². The molecule has 2 aromatic rings. The van der Waals surface area contributed by atoms with Crippen LogP contribution >= 0.6 is 0 Å². The molecule has 0 radical (unpaired) electrons. The molecule has 0 aliphatic heterocycles. The smallest absolute Gasteiger partial charge is 0.142 e. The summed E-state index contributed by atoms with van der Waals surface area (Å²) >= 11 is 0. The van der Waals surface area contributed by atoms with E-state index in [9.17, 15) is 4.79 Å². The number of allylic oxidation sites excluding steroid dienone is 1. The number of benzene rings is 2. The minimum Gasteiger partial charge on any atom is -0.489 e. The Hall–Kier alpha value is -2.35. The van der Waals surface area contributed by atoms with Crippen molar-refractivity contribution in [2.75, 3.05) is 0 Å². The van der Waals surface area contributed by atoms with Gasteiger partial charge in [-0.3, -0.25) is 4.79 Å². The zero-order chi connectivity index (χ0) is 12.6. The standard InChI is InChI=1S/C16H14O2/c17-12-4-7-14-8-10-16(11-9-14)18-13-15-5-2-1-3-6-15/h1-12H,13H2/b7-4+. The van der Waals surface area contributed by atoms with Gasteiger partial charge in [-0.1, -0.05) is 48.5 Å². The third kappa shape index (κ3) is 3.59. The molecule has 0 spiro atoms. The number of rotatable bonds is 5. The van der Waals surface area contributed by atoms with E-state index in [1.165, 1.54) is 6.08 Å². The fraction of sp³-hybridized carbons (Fsp3) is 0.0625. The first-order valence-corrected chi connectivity index (χ1v) is 5.77. The van der Waals surface area contributed by atoms with Crippen molar-refractivity contribution < 1.29 is 9.53 Å². The summed E-state index contributed by atoms with van der Waals surface area (Å²) in [6, 6.07) is 17.7. The molecule has 2 heteroatoms. The number of carbonyl (C=O) groups excluding carboxylic acids is 1. The summed E-state index contributed by atoms with van der Waals surface area (Å²) in [5.41, 5.74) is 2.12. The molecular formula is C16H14O2. The monoisotopic (exact) mass is 238 g/mol. The van der Waals surface area contributed by atoms with Gasteiger partial charge in [0.1, 0.15) is 18.6 Å². The molecule has 0 atom stereocenters. The van der Waals surface area contributed by atoms with Crippen molar-refractivity contribution in [2.45, 2.75) is 6.61 Å². The number of aldehydes is 1. The van der Waals surface area contributed by atoms with Gasteiger partial charge >= 0.3 is 0 Å². The Morgan fingerprint density at radius 3 is 2.33 bits per heavy atom. The molecule has 0 fully saturated rings. The van der Waals surface area contributed by atoms with Gasteiger partial charge in [0.05, 0.1) is 0 Å². The van der Waals surface area contributed by atoms with Gasteiger partial charge in [-0.05, 0) is 29.3 Å². The molecule has 0 N–H and O–H groups in total. The van der Waals surface area contributed by atoms with Crippen LogP contribution in [0.4, 0.5) is 0 Å². The van der Waals surface area contributed by atoms with Crippen molar-refractivity contribution in [1.29, 1.82) is 0 Å². The second-order valence-corrected chi connectivity index (χ2v) is 3.84. The van der Waals surface area contributed by atoms with Gasteiger partial charge in [-0.15, -0.1) is 0 Å². The van der Waals surface area contributed by atoms with E-state index in [1.807, 2.05) is 54.6 Å². The van der Waals surface area contributed by atoms with Crippen molar-refractivity contribution in [2.24, 2.45) is 0 Å². The minimum atomic E-state index is 0.560. The van der Waals surface area contributed by atoms with Gasteiger partial charge in [-0.25, -0.2) is 0 Å². The summed E-state index contributed by atoms with van der Waals surface area (Å²) in [5, 5.41) is 0. The summed E-state index contributed by atoms with van der Waals surface area (Å²) in [6.07, 6.45) is 3.99. The lowest BCUT2D eigenvalue weighted by Crippen LogP contribution is -1.94. The Morgan fingerprint density at radius 1 is 0.944 bits per heavy atom.